The number of carbonyl (C=O) groups is 1. The molecule has 4 nitrogen and oxygen atoms in total. The number of hydrogen-bond acceptors (Lipinski definition) is 4. The second-order valence-corrected chi connectivity index (χ2v) is 4.85. The molecule has 2 aromatic rings. The Hall–Kier alpha value is -1.88. The first-order valence-corrected chi connectivity index (χ1v) is 6.51. The third-order valence-corrected chi connectivity index (χ3v) is 3.35. The van der Waals surface area contributed by atoms with Crippen LogP contribution in [0.25, 0.3) is 0 Å². The maximum atomic E-state index is 10.6. The van der Waals surface area contributed by atoms with Crippen molar-refractivity contribution in [3.63, 3.8) is 0 Å². The fourth-order valence-corrected chi connectivity index (χ4v) is 2.42. The number of thiazole rings is 1. The Kier molecular flexibility index (Phi) is 3.94. The molecule has 0 aliphatic carbocycles. The summed E-state index contributed by atoms with van der Waals surface area (Å²) >= 11 is 1.43. The largest absolute Gasteiger partial charge is 0.481 e. The van der Waals surface area contributed by atoms with Crippen molar-refractivity contribution in [2.75, 3.05) is 5.32 Å². The number of aromatic nitrogens is 1. The molecule has 2 rings (SSSR count). The van der Waals surface area contributed by atoms with Gasteiger partial charge in [0.25, 0.3) is 0 Å². The number of rotatable bonds is 5. The van der Waals surface area contributed by atoms with Gasteiger partial charge in [-0.05, 0) is 12.5 Å². The van der Waals surface area contributed by atoms with Gasteiger partial charge in [0.1, 0.15) is 0 Å². The molecule has 2 N–H and O–H groups in total. The fraction of sp³-hybridized carbons (Fsp3) is 0.231. The van der Waals surface area contributed by atoms with E-state index < -0.39 is 5.97 Å². The minimum Gasteiger partial charge on any atom is -0.481 e. The summed E-state index contributed by atoms with van der Waals surface area (Å²) in [5.41, 5.74) is 1.77. The molecular formula is C13H14N2O2S. The van der Waals surface area contributed by atoms with Crippen molar-refractivity contribution in [3.05, 3.63) is 47.0 Å². The van der Waals surface area contributed by atoms with E-state index in [9.17, 15) is 4.79 Å². The Morgan fingerprint density at radius 2 is 2.17 bits per heavy atom. The van der Waals surface area contributed by atoms with Crippen LogP contribution in [-0.2, 0) is 11.2 Å². The van der Waals surface area contributed by atoms with E-state index in [-0.39, 0.29) is 12.5 Å². The molecule has 0 amide bonds. The van der Waals surface area contributed by atoms with Crippen LogP contribution >= 0.6 is 11.3 Å². The van der Waals surface area contributed by atoms with Crippen LogP contribution < -0.4 is 5.32 Å². The highest BCUT2D eigenvalue weighted by atomic mass is 32.1. The highest BCUT2D eigenvalue weighted by Crippen LogP contribution is 2.22. The smallest absolute Gasteiger partial charge is 0.309 e. The van der Waals surface area contributed by atoms with Crippen LogP contribution in [-0.4, -0.2) is 16.1 Å². The van der Waals surface area contributed by atoms with Crippen LogP contribution in [0.4, 0.5) is 5.13 Å². The quantitative estimate of drug-likeness (QED) is 0.869. The first-order chi connectivity index (χ1) is 8.65. The molecular weight excluding hydrogens is 248 g/mol. The highest BCUT2D eigenvalue weighted by Gasteiger charge is 2.09. The van der Waals surface area contributed by atoms with Crippen LogP contribution in [0.5, 0.6) is 0 Å². The van der Waals surface area contributed by atoms with E-state index in [1.165, 1.54) is 16.9 Å². The summed E-state index contributed by atoms with van der Waals surface area (Å²) in [5, 5.41) is 14.5. The molecule has 0 unspecified atom stereocenters. The van der Waals surface area contributed by atoms with Crippen LogP contribution in [0, 0.1) is 0 Å². The Labute approximate surface area is 109 Å². The number of nitrogens with one attached hydrogen (secondary N) is 1. The molecule has 0 aliphatic rings. The van der Waals surface area contributed by atoms with Crippen molar-refractivity contribution in [2.45, 2.75) is 19.4 Å². The van der Waals surface area contributed by atoms with Gasteiger partial charge < -0.3 is 10.4 Å². The second-order valence-electron chi connectivity index (χ2n) is 3.99. The fourth-order valence-electron chi connectivity index (χ4n) is 1.62. The molecule has 94 valence electrons. The van der Waals surface area contributed by atoms with Crippen molar-refractivity contribution in [3.8, 4) is 0 Å². The van der Waals surface area contributed by atoms with E-state index in [0.29, 0.717) is 5.69 Å². The van der Waals surface area contributed by atoms with Crippen LogP contribution in [0.2, 0.25) is 0 Å². The molecule has 18 heavy (non-hydrogen) atoms. The SMILES string of the molecule is C[C@@H](Nc1nc(CC(=O)O)cs1)c1ccccc1. The zero-order valence-corrected chi connectivity index (χ0v) is 10.8. The third kappa shape index (κ3) is 3.30. The maximum Gasteiger partial charge on any atom is 0.309 e. The number of hydrogen-bond donors (Lipinski definition) is 2. The van der Waals surface area contributed by atoms with Gasteiger partial charge in [-0.3, -0.25) is 4.79 Å². The molecule has 0 saturated carbocycles. The Morgan fingerprint density at radius 3 is 2.83 bits per heavy atom. The summed E-state index contributed by atoms with van der Waals surface area (Å²) < 4.78 is 0. The summed E-state index contributed by atoms with van der Waals surface area (Å²) in [7, 11) is 0. The minimum absolute atomic E-state index is 0.0299. The van der Waals surface area contributed by atoms with Crippen molar-refractivity contribution in [1.82, 2.24) is 4.98 Å². The molecule has 5 heteroatoms. The summed E-state index contributed by atoms with van der Waals surface area (Å²) in [6.45, 7) is 2.05. The van der Waals surface area contributed by atoms with Crippen LogP contribution in [0.15, 0.2) is 35.7 Å². The van der Waals surface area contributed by atoms with Crippen LogP contribution in [0.1, 0.15) is 24.2 Å². The summed E-state index contributed by atoms with van der Waals surface area (Å²) in [5.74, 6) is -0.858. The molecule has 0 aliphatic heterocycles. The van der Waals surface area contributed by atoms with Gasteiger partial charge in [-0.15, -0.1) is 11.3 Å². The van der Waals surface area contributed by atoms with E-state index in [2.05, 4.69) is 10.3 Å². The summed E-state index contributed by atoms with van der Waals surface area (Å²) in [4.78, 5) is 14.8. The molecule has 0 fully saturated rings. The van der Waals surface area contributed by atoms with E-state index in [1.54, 1.807) is 5.38 Å². The van der Waals surface area contributed by atoms with Crippen molar-refractivity contribution < 1.29 is 9.90 Å². The average Bonchev–Trinajstić information content (AvgIpc) is 2.76. The maximum absolute atomic E-state index is 10.6. The van der Waals surface area contributed by atoms with E-state index in [1.807, 2.05) is 37.3 Å². The van der Waals surface area contributed by atoms with Gasteiger partial charge >= 0.3 is 5.97 Å². The van der Waals surface area contributed by atoms with Crippen molar-refractivity contribution in [2.24, 2.45) is 0 Å². The molecule has 1 aromatic heterocycles. The Balaban J connectivity index is 2.01. The predicted octanol–water partition coefficient (Wildman–Crippen LogP) is 2.94. The van der Waals surface area contributed by atoms with Crippen LogP contribution in [0.3, 0.4) is 0 Å². The zero-order chi connectivity index (χ0) is 13.0. The van der Waals surface area contributed by atoms with Crippen molar-refractivity contribution >= 4 is 22.4 Å². The standard InChI is InChI=1S/C13H14N2O2S/c1-9(10-5-3-2-4-6-10)14-13-15-11(8-18-13)7-12(16)17/h2-6,8-9H,7H2,1H3,(H,14,15)(H,16,17)/t9-/m1/s1. The Bertz CT molecular complexity index is 525. The van der Waals surface area contributed by atoms with Gasteiger partial charge in [0.2, 0.25) is 0 Å². The lowest BCUT2D eigenvalue weighted by Gasteiger charge is -2.12. The number of anilines is 1. The average molecular weight is 262 g/mol. The molecule has 0 saturated heterocycles. The lowest BCUT2D eigenvalue weighted by atomic mass is 10.1. The van der Waals surface area contributed by atoms with Gasteiger partial charge in [0.05, 0.1) is 18.2 Å². The lowest BCUT2D eigenvalue weighted by molar-refractivity contribution is -0.136. The number of benzene rings is 1. The molecule has 0 radical (unpaired) electrons. The van der Waals surface area contributed by atoms with Gasteiger partial charge in [0.15, 0.2) is 5.13 Å². The molecule has 1 atom stereocenters. The lowest BCUT2D eigenvalue weighted by Crippen LogP contribution is -2.06. The highest BCUT2D eigenvalue weighted by molar-refractivity contribution is 7.13. The molecule has 0 bridgehead atoms. The number of nitrogens with zero attached hydrogens (tertiary/aromatic N) is 1. The predicted molar refractivity (Wildman–Crippen MR) is 71.9 cm³/mol. The van der Waals surface area contributed by atoms with Crippen molar-refractivity contribution in [1.29, 1.82) is 0 Å². The Morgan fingerprint density at radius 1 is 1.44 bits per heavy atom. The summed E-state index contributed by atoms with van der Waals surface area (Å²) in [6, 6.07) is 10.2. The number of aliphatic carboxylic acids is 1. The number of carboxylic acids is 1. The van der Waals surface area contributed by atoms with E-state index >= 15 is 0 Å². The van der Waals surface area contributed by atoms with Gasteiger partial charge in [-0.1, -0.05) is 30.3 Å². The monoisotopic (exact) mass is 262 g/mol. The minimum atomic E-state index is -0.858. The van der Waals surface area contributed by atoms with E-state index in [0.717, 1.165) is 5.13 Å². The van der Waals surface area contributed by atoms with Gasteiger partial charge in [-0.25, -0.2) is 4.98 Å². The normalized spacial score (nSPS) is 12.1. The first kappa shape index (κ1) is 12.6. The van der Waals surface area contributed by atoms with Gasteiger partial charge in [-0.2, -0.15) is 0 Å². The van der Waals surface area contributed by atoms with Gasteiger partial charge in [0, 0.05) is 5.38 Å². The summed E-state index contributed by atoms with van der Waals surface area (Å²) in [6.07, 6.45) is -0.0299. The molecule has 0 spiro atoms. The topological polar surface area (TPSA) is 62.2 Å². The first-order valence-electron chi connectivity index (χ1n) is 5.63. The number of carboxylic acid groups (broad SMARTS) is 1. The second kappa shape index (κ2) is 5.64. The molecule has 1 heterocycles. The zero-order valence-electron chi connectivity index (χ0n) is 9.96. The van der Waals surface area contributed by atoms with E-state index in [4.69, 9.17) is 5.11 Å². The molecule has 1 aromatic carbocycles. The third-order valence-electron chi connectivity index (χ3n) is 2.52.